The molecule has 2 N–H and O–H groups in total. The van der Waals surface area contributed by atoms with Gasteiger partial charge in [-0.2, -0.15) is 0 Å². The molecule has 0 unspecified atom stereocenters. The molecule has 1 aliphatic carbocycles. The van der Waals surface area contributed by atoms with E-state index in [4.69, 9.17) is 4.74 Å². The Kier molecular flexibility index (Phi) is 5.16. The fourth-order valence-electron chi connectivity index (χ4n) is 3.77. The normalized spacial score (nSPS) is 17.5. The summed E-state index contributed by atoms with van der Waals surface area (Å²) in [5, 5.41) is 3.00. The highest BCUT2D eigenvalue weighted by atomic mass is 16.5. The van der Waals surface area contributed by atoms with Crippen LogP contribution in [0.15, 0.2) is 70.9 Å². The van der Waals surface area contributed by atoms with Crippen LogP contribution in [0.2, 0.25) is 0 Å². The third-order valence-corrected chi connectivity index (χ3v) is 5.77. The number of hydrogen-bond acceptors (Lipinski definition) is 4. The molecular formula is C24H25N3O3. The summed E-state index contributed by atoms with van der Waals surface area (Å²) >= 11 is 0. The van der Waals surface area contributed by atoms with E-state index in [1.54, 1.807) is 12.3 Å². The van der Waals surface area contributed by atoms with Gasteiger partial charge in [-0.3, -0.25) is 9.59 Å². The largest absolute Gasteiger partial charge is 0.493 e. The van der Waals surface area contributed by atoms with Crippen LogP contribution in [-0.4, -0.2) is 22.5 Å². The summed E-state index contributed by atoms with van der Waals surface area (Å²) < 4.78 is 5.70. The minimum absolute atomic E-state index is 0.0551. The third-order valence-electron chi connectivity index (χ3n) is 5.77. The van der Waals surface area contributed by atoms with E-state index in [2.05, 4.69) is 21.9 Å². The molecule has 6 nitrogen and oxygen atoms in total. The number of carbonyl (C=O) groups excluding carboxylic acids is 1. The van der Waals surface area contributed by atoms with E-state index in [-0.39, 0.29) is 11.5 Å². The van der Waals surface area contributed by atoms with Crippen molar-refractivity contribution in [1.29, 1.82) is 0 Å². The first-order valence-electron chi connectivity index (χ1n) is 10.1. The lowest BCUT2D eigenvalue weighted by molar-refractivity contribution is -0.119. The van der Waals surface area contributed by atoms with E-state index in [0.29, 0.717) is 18.1 Å². The van der Waals surface area contributed by atoms with E-state index in [0.717, 1.165) is 47.3 Å². The van der Waals surface area contributed by atoms with E-state index in [1.807, 2.05) is 38.1 Å². The zero-order valence-electron chi connectivity index (χ0n) is 17.2. The summed E-state index contributed by atoms with van der Waals surface area (Å²) in [4.78, 5) is 31.7. The summed E-state index contributed by atoms with van der Waals surface area (Å²) in [6.45, 7) is 8.43. The molecule has 2 aromatic heterocycles. The topological polar surface area (TPSA) is 84.1 Å². The van der Waals surface area contributed by atoms with Crippen LogP contribution in [-0.2, 0) is 9.53 Å². The molecule has 0 bridgehead atoms. The molecule has 1 saturated carbocycles. The predicted molar refractivity (Wildman–Crippen MR) is 117 cm³/mol. The number of amides is 1. The number of allylic oxidation sites excluding steroid dienone is 2. The van der Waals surface area contributed by atoms with Crippen molar-refractivity contribution >= 4 is 11.7 Å². The number of hydrogen-bond donors (Lipinski definition) is 2. The fraction of sp³-hybridized carbons (Fsp3) is 0.292. The van der Waals surface area contributed by atoms with Gasteiger partial charge in [-0.1, -0.05) is 18.2 Å². The molecule has 1 aliphatic heterocycles. The van der Waals surface area contributed by atoms with E-state index in [1.165, 1.54) is 6.07 Å². The highest BCUT2D eigenvalue weighted by Crippen LogP contribution is 2.53. The summed E-state index contributed by atoms with van der Waals surface area (Å²) in [5.41, 5.74) is 3.83. The first-order valence-corrected chi connectivity index (χ1v) is 10.1. The van der Waals surface area contributed by atoms with Crippen LogP contribution in [0.25, 0.3) is 11.3 Å². The van der Waals surface area contributed by atoms with Gasteiger partial charge < -0.3 is 15.0 Å². The van der Waals surface area contributed by atoms with Gasteiger partial charge in [0.2, 0.25) is 11.5 Å². The Morgan fingerprint density at radius 2 is 2.13 bits per heavy atom. The van der Waals surface area contributed by atoms with Crippen LogP contribution in [0.5, 0.6) is 0 Å². The fourth-order valence-corrected chi connectivity index (χ4v) is 3.77. The number of nitrogens with zero attached hydrogens (tertiary/aromatic N) is 1. The van der Waals surface area contributed by atoms with Crippen molar-refractivity contribution in [2.75, 3.05) is 11.9 Å². The number of carbonyl (C=O) groups is 1. The van der Waals surface area contributed by atoms with E-state index in [9.17, 15) is 9.59 Å². The van der Waals surface area contributed by atoms with Gasteiger partial charge in [0.1, 0.15) is 11.6 Å². The Morgan fingerprint density at radius 3 is 2.80 bits per heavy atom. The first-order chi connectivity index (χ1) is 14.4. The van der Waals surface area contributed by atoms with Gasteiger partial charge in [0.05, 0.1) is 17.7 Å². The lowest BCUT2D eigenvalue weighted by Crippen LogP contribution is -2.26. The van der Waals surface area contributed by atoms with Crippen molar-refractivity contribution in [1.82, 2.24) is 9.97 Å². The molecule has 3 heterocycles. The van der Waals surface area contributed by atoms with Crippen LogP contribution < -0.4 is 10.9 Å². The van der Waals surface area contributed by atoms with Crippen molar-refractivity contribution in [3.63, 3.8) is 0 Å². The molecule has 4 rings (SSSR count). The predicted octanol–water partition coefficient (Wildman–Crippen LogP) is 4.27. The van der Waals surface area contributed by atoms with Gasteiger partial charge in [0.25, 0.3) is 0 Å². The highest BCUT2D eigenvalue weighted by Gasteiger charge is 2.51. The summed E-state index contributed by atoms with van der Waals surface area (Å²) in [7, 11) is 0. The number of H-pyrrole nitrogens is 1. The van der Waals surface area contributed by atoms with Crippen molar-refractivity contribution in [3.8, 4) is 11.3 Å². The summed E-state index contributed by atoms with van der Waals surface area (Å²) in [6, 6.07) is 6.94. The van der Waals surface area contributed by atoms with Crippen molar-refractivity contribution < 1.29 is 9.53 Å². The highest BCUT2D eigenvalue weighted by molar-refractivity contribution is 5.99. The maximum atomic E-state index is 13.2. The Balaban J connectivity index is 1.57. The lowest BCUT2D eigenvalue weighted by atomic mass is 9.94. The molecule has 6 heteroatoms. The second-order valence-electron chi connectivity index (χ2n) is 7.91. The summed E-state index contributed by atoms with van der Waals surface area (Å²) in [5.74, 6) is 1.26. The average molecular weight is 403 g/mol. The molecule has 2 aromatic rings. The number of rotatable bonds is 6. The van der Waals surface area contributed by atoms with Crippen molar-refractivity contribution in [2.24, 2.45) is 5.41 Å². The van der Waals surface area contributed by atoms with Crippen molar-refractivity contribution in [3.05, 3.63) is 82.0 Å². The maximum Gasteiger partial charge on any atom is 0.247 e. The molecule has 154 valence electrons. The molecule has 0 atom stereocenters. The standard InChI is InChI=1S/C24H25N3O3/c1-4-17-7-10-30-20(17)13-16(3)24(8-9-24)23(29)27-21-12-15(2)11-19(26-21)18-5-6-22(28)25-14-18/h4-6,11-14H,1,7-10H2,2-3H3,(H,25,28)(H,26,27,29)/b16-13+. The van der Waals surface area contributed by atoms with Crippen LogP contribution in [0.4, 0.5) is 5.82 Å². The number of anilines is 1. The molecule has 0 spiro atoms. The number of aromatic amines is 1. The lowest BCUT2D eigenvalue weighted by Gasteiger charge is -2.17. The Morgan fingerprint density at radius 1 is 1.33 bits per heavy atom. The third kappa shape index (κ3) is 3.85. The van der Waals surface area contributed by atoms with Crippen LogP contribution >= 0.6 is 0 Å². The average Bonchev–Trinajstić information content (AvgIpc) is 3.42. The SMILES string of the molecule is C=CC1=C(/C=C(\C)C2(C(=O)Nc3cc(C)cc(-c4ccc(=O)[nH]c4)n3)CC2)OCC1. The van der Waals surface area contributed by atoms with Gasteiger partial charge >= 0.3 is 0 Å². The smallest absolute Gasteiger partial charge is 0.247 e. The monoisotopic (exact) mass is 403 g/mol. The second-order valence-corrected chi connectivity index (χ2v) is 7.91. The second kappa shape index (κ2) is 7.78. The number of nitrogens with one attached hydrogen (secondary N) is 2. The number of aromatic nitrogens is 2. The Labute approximate surface area is 175 Å². The zero-order chi connectivity index (χ0) is 21.3. The Bertz CT molecular complexity index is 1120. The molecule has 0 saturated heterocycles. The molecule has 1 amide bonds. The number of pyridine rings is 2. The van der Waals surface area contributed by atoms with E-state index < -0.39 is 5.41 Å². The van der Waals surface area contributed by atoms with Crippen LogP contribution in [0.1, 0.15) is 31.7 Å². The van der Waals surface area contributed by atoms with Gasteiger partial charge in [-0.15, -0.1) is 0 Å². The Hall–Kier alpha value is -3.41. The van der Waals surface area contributed by atoms with Gasteiger partial charge in [-0.05, 0) is 62.1 Å². The minimum atomic E-state index is -0.519. The quantitative estimate of drug-likeness (QED) is 0.754. The van der Waals surface area contributed by atoms with Crippen molar-refractivity contribution in [2.45, 2.75) is 33.1 Å². The molecule has 1 fully saturated rings. The maximum absolute atomic E-state index is 13.2. The molecular weight excluding hydrogens is 378 g/mol. The molecule has 0 radical (unpaired) electrons. The van der Waals surface area contributed by atoms with Crippen LogP contribution in [0, 0.1) is 12.3 Å². The van der Waals surface area contributed by atoms with Crippen LogP contribution in [0.3, 0.4) is 0 Å². The zero-order valence-corrected chi connectivity index (χ0v) is 17.2. The minimum Gasteiger partial charge on any atom is -0.493 e. The van der Waals surface area contributed by atoms with E-state index >= 15 is 0 Å². The number of aryl methyl sites for hydroxylation is 1. The van der Waals surface area contributed by atoms with Gasteiger partial charge in [-0.25, -0.2) is 4.98 Å². The van der Waals surface area contributed by atoms with Gasteiger partial charge in [0, 0.05) is 24.2 Å². The molecule has 0 aromatic carbocycles. The van der Waals surface area contributed by atoms with Gasteiger partial charge in [0.15, 0.2) is 0 Å². The summed E-state index contributed by atoms with van der Waals surface area (Å²) in [6.07, 6.45) is 7.87. The molecule has 2 aliphatic rings. The first kappa shape index (κ1) is 19.9. The number of ether oxygens (including phenoxy) is 1. The molecule has 30 heavy (non-hydrogen) atoms.